The van der Waals surface area contributed by atoms with Gasteiger partial charge in [0.25, 0.3) is 0 Å². The zero-order valence-electron chi connectivity index (χ0n) is 14.3. The lowest BCUT2D eigenvalue weighted by atomic mass is 10.0. The van der Waals surface area contributed by atoms with E-state index in [2.05, 4.69) is 10.3 Å². The topological polar surface area (TPSA) is 101 Å². The number of ether oxygens (including phenoxy) is 2. The summed E-state index contributed by atoms with van der Waals surface area (Å²) < 4.78 is 23.3. The molecular weight excluding hydrogens is 343 g/mol. The van der Waals surface area contributed by atoms with Crippen LogP contribution in [0.4, 0.5) is 9.18 Å². The van der Waals surface area contributed by atoms with E-state index in [9.17, 15) is 19.4 Å². The minimum atomic E-state index is -1.41. The molecule has 1 heterocycles. The summed E-state index contributed by atoms with van der Waals surface area (Å²) in [5, 5.41) is 22.7. The molecule has 0 aliphatic rings. The third-order valence-corrected chi connectivity index (χ3v) is 3.64. The third-order valence-electron chi connectivity index (χ3n) is 3.64. The van der Waals surface area contributed by atoms with Crippen molar-refractivity contribution >= 4 is 6.09 Å². The Labute approximate surface area is 150 Å². The molecule has 0 radical (unpaired) electrons. The first-order valence-electron chi connectivity index (χ1n) is 8.01. The van der Waals surface area contributed by atoms with E-state index in [1.807, 2.05) is 30.3 Å². The van der Waals surface area contributed by atoms with Gasteiger partial charge in [-0.1, -0.05) is 30.3 Å². The lowest BCUT2D eigenvalue weighted by molar-refractivity contribution is 0.0118. The number of hydrogen-bond acceptors (Lipinski definition) is 6. The van der Waals surface area contributed by atoms with Gasteiger partial charge < -0.3 is 25.0 Å². The first kappa shape index (κ1) is 19.6. The second-order valence-electron chi connectivity index (χ2n) is 5.54. The summed E-state index contributed by atoms with van der Waals surface area (Å²) in [5.41, 5.74) is 0.885. The average Bonchev–Trinajstić information content (AvgIpc) is 2.66. The van der Waals surface area contributed by atoms with Crippen molar-refractivity contribution in [1.29, 1.82) is 0 Å². The predicted molar refractivity (Wildman–Crippen MR) is 91.0 cm³/mol. The Kier molecular flexibility index (Phi) is 7.31. The van der Waals surface area contributed by atoms with Gasteiger partial charge >= 0.3 is 6.09 Å². The second-order valence-corrected chi connectivity index (χ2v) is 5.54. The predicted octanol–water partition coefficient (Wildman–Crippen LogP) is 1.94. The van der Waals surface area contributed by atoms with E-state index in [0.717, 1.165) is 17.8 Å². The van der Waals surface area contributed by atoms with Gasteiger partial charge in [-0.25, -0.2) is 14.2 Å². The Morgan fingerprint density at radius 1 is 1.31 bits per heavy atom. The standard InChI is InChI=1S/C18H21FN2O5/c1-25-17-14(9-13(19)10-21-17)16(23)15(22)7-8-20-18(24)26-11-12-5-3-2-4-6-12/h2-6,9-10,15-16,22-23H,7-8,11H2,1H3,(H,20,24). The van der Waals surface area contributed by atoms with Gasteiger partial charge in [0.1, 0.15) is 18.5 Å². The quantitative estimate of drug-likeness (QED) is 0.662. The van der Waals surface area contributed by atoms with Crippen LogP contribution in [0.15, 0.2) is 42.6 Å². The van der Waals surface area contributed by atoms with Crippen LogP contribution in [-0.2, 0) is 11.3 Å². The van der Waals surface area contributed by atoms with Crippen LogP contribution < -0.4 is 10.1 Å². The highest BCUT2D eigenvalue weighted by Gasteiger charge is 2.23. The monoisotopic (exact) mass is 364 g/mol. The number of methoxy groups -OCH3 is 1. The molecule has 2 atom stereocenters. The van der Waals surface area contributed by atoms with Crippen LogP contribution in [0.25, 0.3) is 0 Å². The van der Waals surface area contributed by atoms with Gasteiger partial charge in [0, 0.05) is 12.1 Å². The van der Waals surface area contributed by atoms with Gasteiger partial charge in [0.2, 0.25) is 5.88 Å². The molecule has 0 aliphatic carbocycles. The summed E-state index contributed by atoms with van der Waals surface area (Å²) >= 11 is 0. The Morgan fingerprint density at radius 3 is 2.73 bits per heavy atom. The van der Waals surface area contributed by atoms with Crippen molar-refractivity contribution in [2.24, 2.45) is 0 Å². The zero-order chi connectivity index (χ0) is 18.9. The molecule has 1 aromatic carbocycles. The summed E-state index contributed by atoms with van der Waals surface area (Å²) in [6, 6.07) is 10.2. The number of rotatable bonds is 8. The maximum Gasteiger partial charge on any atom is 0.407 e. The molecule has 7 nitrogen and oxygen atoms in total. The summed E-state index contributed by atoms with van der Waals surface area (Å²) in [5.74, 6) is -0.636. The minimum absolute atomic E-state index is 0.0215. The number of aliphatic hydroxyl groups excluding tert-OH is 2. The summed E-state index contributed by atoms with van der Waals surface area (Å²) in [6.45, 7) is 0.195. The summed E-state index contributed by atoms with van der Waals surface area (Å²) in [4.78, 5) is 15.3. The maximum atomic E-state index is 13.3. The third kappa shape index (κ3) is 5.68. The molecule has 1 amide bonds. The molecule has 140 valence electrons. The van der Waals surface area contributed by atoms with Gasteiger partial charge in [0.05, 0.1) is 19.4 Å². The van der Waals surface area contributed by atoms with E-state index in [-0.39, 0.29) is 31.0 Å². The number of amides is 1. The van der Waals surface area contributed by atoms with Crippen LogP contribution in [0, 0.1) is 5.82 Å². The Morgan fingerprint density at radius 2 is 2.04 bits per heavy atom. The molecule has 2 unspecified atom stereocenters. The molecule has 0 fully saturated rings. The first-order valence-corrected chi connectivity index (χ1v) is 8.01. The highest BCUT2D eigenvalue weighted by molar-refractivity contribution is 5.67. The van der Waals surface area contributed by atoms with Gasteiger partial charge in [-0.05, 0) is 18.1 Å². The molecule has 0 saturated carbocycles. The minimum Gasteiger partial charge on any atom is -0.481 e. The fourth-order valence-corrected chi connectivity index (χ4v) is 2.29. The smallest absolute Gasteiger partial charge is 0.407 e. The van der Waals surface area contributed by atoms with Gasteiger partial charge in [-0.15, -0.1) is 0 Å². The molecule has 2 aromatic rings. The van der Waals surface area contributed by atoms with Crippen molar-refractivity contribution in [3.8, 4) is 5.88 Å². The lowest BCUT2D eigenvalue weighted by Crippen LogP contribution is -2.30. The van der Waals surface area contributed by atoms with Crippen LogP contribution in [0.2, 0.25) is 0 Å². The number of hydrogen-bond donors (Lipinski definition) is 3. The van der Waals surface area contributed by atoms with Crippen molar-refractivity contribution in [2.75, 3.05) is 13.7 Å². The van der Waals surface area contributed by atoms with E-state index < -0.39 is 24.1 Å². The van der Waals surface area contributed by atoms with Crippen molar-refractivity contribution < 1.29 is 28.9 Å². The molecule has 26 heavy (non-hydrogen) atoms. The number of nitrogens with zero attached hydrogens (tertiary/aromatic N) is 1. The number of carbonyl (C=O) groups excluding carboxylic acids is 1. The molecule has 3 N–H and O–H groups in total. The van der Waals surface area contributed by atoms with Crippen LogP contribution >= 0.6 is 0 Å². The average molecular weight is 364 g/mol. The summed E-state index contributed by atoms with van der Waals surface area (Å²) in [7, 11) is 1.33. The van der Waals surface area contributed by atoms with Crippen molar-refractivity contribution in [3.05, 3.63) is 59.5 Å². The van der Waals surface area contributed by atoms with Crippen LogP contribution in [0.1, 0.15) is 23.7 Å². The molecule has 2 rings (SSSR count). The van der Waals surface area contributed by atoms with Crippen molar-refractivity contribution in [1.82, 2.24) is 10.3 Å². The zero-order valence-corrected chi connectivity index (χ0v) is 14.3. The van der Waals surface area contributed by atoms with Crippen LogP contribution in [-0.4, -0.2) is 41.0 Å². The fourth-order valence-electron chi connectivity index (χ4n) is 2.29. The van der Waals surface area contributed by atoms with Crippen molar-refractivity contribution in [2.45, 2.75) is 25.2 Å². The van der Waals surface area contributed by atoms with Crippen LogP contribution in [0.3, 0.4) is 0 Å². The highest BCUT2D eigenvalue weighted by Crippen LogP contribution is 2.26. The van der Waals surface area contributed by atoms with E-state index in [1.165, 1.54) is 7.11 Å². The SMILES string of the molecule is COc1ncc(F)cc1C(O)C(O)CCNC(=O)OCc1ccccc1. The van der Waals surface area contributed by atoms with Crippen molar-refractivity contribution in [3.63, 3.8) is 0 Å². The normalized spacial score (nSPS) is 12.9. The number of nitrogens with one attached hydrogen (secondary N) is 1. The maximum absolute atomic E-state index is 13.3. The number of aliphatic hydroxyl groups is 2. The van der Waals surface area contributed by atoms with Gasteiger partial charge in [-0.2, -0.15) is 0 Å². The number of benzene rings is 1. The molecule has 0 aliphatic heterocycles. The number of halogens is 1. The molecule has 0 bridgehead atoms. The van der Waals surface area contributed by atoms with E-state index >= 15 is 0 Å². The summed E-state index contributed by atoms with van der Waals surface area (Å²) in [6.07, 6.45) is -2.31. The molecule has 1 aromatic heterocycles. The lowest BCUT2D eigenvalue weighted by Gasteiger charge is -2.19. The van der Waals surface area contributed by atoms with Gasteiger partial charge in [0.15, 0.2) is 0 Å². The second kappa shape index (κ2) is 9.69. The van der Waals surface area contributed by atoms with E-state index in [1.54, 1.807) is 0 Å². The number of carbonyl (C=O) groups is 1. The van der Waals surface area contributed by atoms with Crippen LogP contribution in [0.5, 0.6) is 5.88 Å². The first-order chi connectivity index (χ1) is 12.5. The highest BCUT2D eigenvalue weighted by atomic mass is 19.1. The molecule has 0 saturated heterocycles. The number of pyridine rings is 1. The Bertz CT molecular complexity index is 714. The largest absolute Gasteiger partial charge is 0.481 e. The fraction of sp³-hybridized carbons (Fsp3) is 0.333. The van der Waals surface area contributed by atoms with E-state index in [4.69, 9.17) is 9.47 Å². The number of alkyl carbamates (subject to hydrolysis) is 1. The van der Waals surface area contributed by atoms with E-state index in [0.29, 0.717) is 0 Å². The molecular formula is C18H21FN2O5. The number of aromatic nitrogens is 1. The van der Waals surface area contributed by atoms with Gasteiger partial charge in [-0.3, -0.25) is 0 Å². The Hall–Kier alpha value is -2.71. The Balaban J connectivity index is 1.78. The molecule has 0 spiro atoms. The molecule has 8 heteroatoms.